The smallest absolute Gasteiger partial charge is 0.125 e. The van der Waals surface area contributed by atoms with Gasteiger partial charge in [-0.1, -0.05) is 18.2 Å². The van der Waals surface area contributed by atoms with Gasteiger partial charge in [-0.25, -0.2) is 0 Å². The Hall–Kier alpha value is -1.02. The van der Waals surface area contributed by atoms with Gasteiger partial charge in [0.2, 0.25) is 0 Å². The third-order valence-corrected chi connectivity index (χ3v) is 3.54. The van der Waals surface area contributed by atoms with E-state index in [-0.39, 0.29) is 5.60 Å². The molecule has 0 radical (unpaired) electrons. The number of ether oxygens (including phenoxy) is 1. The number of rotatable bonds is 2. The van der Waals surface area contributed by atoms with Crippen LogP contribution in [0.2, 0.25) is 0 Å². The van der Waals surface area contributed by atoms with Crippen LogP contribution in [0.25, 0.3) is 0 Å². The lowest BCUT2D eigenvalue weighted by molar-refractivity contribution is -0.0325. The Bertz CT molecular complexity index is 324. The zero-order valence-corrected chi connectivity index (χ0v) is 8.20. The average Bonchev–Trinajstić information content (AvgIpc) is 2.47. The molecule has 0 bridgehead atoms. The van der Waals surface area contributed by atoms with Crippen molar-refractivity contribution >= 4 is 0 Å². The normalized spacial score (nSPS) is 34.7. The van der Waals surface area contributed by atoms with Crippen LogP contribution in [0.15, 0.2) is 30.3 Å². The highest BCUT2D eigenvalue weighted by atomic mass is 16.5. The Labute approximate surface area is 84.3 Å². The molecule has 2 nitrogen and oxygen atoms in total. The molecule has 3 rings (SSSR count). The molecule has 2 aliphatic rings. The van der Waals surface area contributed by atoms with Crippen molar-refractivity contribution in [1.29, 1.82) is 0 Å². The second-order valence-electron chi connectivity index (χ2n) is 4.35. The molecule has 1 aliphatic carbocycles. The van der Waals surface area contributed by atoms with Crippen molar-refractivity contribution in [1.82, 2.24) is 5.32 Å². The van der Waals surface area contributed by atoms with Crippen molar-refractivity contribution in [2.75, 3.05) is 13.1 Å². The Balaban J connectivity index is 1.78. The minimum absolute atomic E-state index is 0.126. The Morgan fingerprint density at radius 1 is 1.29 bits per heavy atom. The van der Waals surface area contributed by atoms with Gasteiger partial charge in [0.25, 0.3) is 0 Å². The number of benzene rings is 1. The Kier molecular flexibility index (Phi) is 1.77. The van der Waals surface area contributed by atoms with E-state index < -0.39 is 0 Å². The van der Waals surface area contributed by atoms with E-state index in [1.165, 1.54) is 12.8 Å². The fourth-order valence-electron chi connectivity index (χ4n) is 2.54. The van der Waals surface area contributed by atoms with E-state index in [4.69, 9.17) is 4.74 Å². The van der Waals surface area contributed by atoms with E-state index in [1.807, 2.05) is 30.3 Å². The number of fused-ring (bicyclic) bond motifs is 1. The molecule has 1 aliphatic heterocycles. The van der Waals surface area contributed by atoms with Crippen LogP contribution >= 0.6 is 0 Å². The predicted molar refractivity (Wildman–Crippen MR) is 55.4 cm³/mol. The first-order valence-corrected chi connectivity index (χ1v) is 5.34. The molecule has 1 N–H and O–H groups in total. The fourth-order valence-corrected chi connectivity index (χ4v) is 2.54. The highest BCUT2D eigenvalue weighted by Crippen LogP contribution is 2.44. The molecule has 2 unspecified atom stereocenters. The summed E-state index contributed by atoms with van der Waals surface area (Å²) in [5, 5.41) is 3.42. The highest BCUT2D eigenvalue weighted by Gasteiger charge is 2.52. The van der Waals surface area contributed by atoms with Crippen molar-refractivity contribution in [3.63, 3.8) is 0 Å². The lowest BCUT2D eigenvalue weighted by Crippen LogP contribution is -2.51. The van der Waals surface area contributed by atoms with Crippen molar-refractivity contribution in [3.8, 4) is 5.75 Å². The van der Waals surface area contributed by atoms with Crippen LogP contribution in [0.3, 0.4) is 0 Å². The van der Waals surface area contributed by atoms with E-state index in [9.17, 15) is 0 Å². The van der Waals surface area contributed by atoms with Crippen LogP contribution in [-0.2, 0) is 0 Å². The summed E-state index contributed by atoms with van der Waals surface area (Å²) in [4.78, 5) is 0. The van der Waals surface area contributed by atoms with Crippen molar-refractivity contribution < 1.29 is 4.74 Å². The SMILES string of the molecule is c1ccc(OC23CCC2CNC3)cc1. The van der Waals surface area contributed by atoms with Gasteiger partial charge in [0.05, 0.1) is 0 Å². The molecule has 1 aromatic rings. The lowest BCUT2D eigenvalue weighted by Gasteiger charge is -2.43. The third kappa shape index (κ3) is 1.14. The maximum Gasteiger partial charge on any atom is 0.125 e. The van der Waals surface area contributed by atoms with Crippen LogP contribution in [0.5, 0.6) is 5.75 Å². The predicted octanol–water partition coefficient (Wildman–Crippen LogP) is 1.82. The van der Waals surface area contributed by atoms with Gasteiger partial charge in [-0.15, -0.1) is 0 Å². The number of para-hydroxylation sites is 1. The molecule has 1 saturated heterocycles. The quantitative estimate of drug-likeness (QED) is 0.766. The maximum atomic E-state index is 6.10. The summed E-state index contributed by atoms with van der Waals surface area (Å²) in [6, 6.07) is 10.2. The topological polar surface area (TPSA) is 21.3 Å². The van der Waals surface area contributed by atoms with Gasteiger partial charge < -0.3 is 10.1 Å². The zero-order chi connectivity index (χ0) is 9.43. The number of nitrogens with one attached hydrogen (secondary N) is 1. The standard InChI is InChI=1S/C12H15NO/c1-2-4-11(5-3-1)14-12-7-6-10(12)8-13-9-12/h1-5,10,13H,6-9H2. The molecule has 0 aromatic heterocycles. The van der Waals surface area contributed by atoms with Gasteiger partial charge in [0.15, 0.2) is 0 Å². The molecule has 2 fully saturated rings. The van der Waals surface area contributed by atoms with E-state index >= 15 is 0 Å². The van der Waals surface area contributed by atoms with Crippen LogP contribution in [0.1, 0.15) is 12.8 Å². The fraction of sp³-hybridized carbons (Fsp3) is 0.500. The molecular weight excluding hydrogens is 174 g/mol. The van der Waals surface area contributed by atoms with E-state index in [2.05, 4.69) is 5.32 Å². The van der Waals surface area contributed by atoms with E-state index in [0.29, 0.717) is 0 Å². The minimum atomic E-state index is 0.126. The van der Waals surface area contributed by atoms with Crippen LogP contribution in [0.4, 0.5) is 0 Å². The highest BCUT2D eigenvalue weighted by molar-refractivity contribution is 5.24. The monoisotopic (exact) mass is 189 g/mol. The molecule has 0 spiro atoms. The summed E-state index contributed by atoms with van der Waals surface area (Å²) in [6.07, 6.45) is 2.53. The third-order valence-electron chi connectivity index (χ3n) is 3.54. The molecule has 2 heteroatoms. The van der Waals surface area contributed by atoms with Crippen LogP contribution in [-0.4, -0.2) is 18.7 Å². The van der Waals surface area contributed by atoms with Crippen molar-refractivity contribution in [2.45, 2.75) is 18.4 Å². The van der Waals surface area contributed by atoms with Gasteiger partial charge in [-0.2, -0.15) is 0 Å². The van der Waals surface area contributed by atoms with Gasteiger partial charge in [0.1, 0.15) is 11.4 Å². The van der Waals surface area contributed by atoms with Gasteiger partial charge in [-0.3, -0.25) is 0 Å². The maximum absolute atomic E-state index is 6.10. The summed E-state index contributed by atoms with van der Waals surface area (Å²) in [5.41, 5.74) is 0.126. The van der Waals surface area contributed by atoms with Gasteiger partial charge >= 0.3 is 0 Å². The summed E-state index contributed by atoms with van der Waals surface area (Å²) >= 11 is 0. The molecular formula is C12H15NO. The zero-order valence-electron chi connectivity index (χ0n) is 8.20. The number of hydrogen-bond donors (Lipinski definition) is 1. The van der Waals surface area contributed by atoms with Gasteiger partial charge in [-0.05, 0) is 25.0 Å². The molecule has 14 heavy (non-hydrogen) atoms. The second-order valence-corrected chi connectivity index (χ2v) is 4.35. The van der Waals surface area contributed by atoms with E-state index in [0.717, 1.165) is 24.8 Å². The van der Waals surface area contributed by atoms with Crippen molar-refractivity contribution in [2.24, 2.45) is 5.92 Å². The largest absolute Gasteiger partial charge is 0.486 e. The summed E-state index contributed by atoms with van der Waals surface area (Å²) < 4.78 is 6.10. The molecule has 0 amide bonds. The molecule has 1 heterocycles. The summed E-state index contributed by atoms with van der Waals surface area (Å²) in [6.45, 7) is 2.15. The summed E-state index contributed by atoms with van der Waals surface area (Å²) in [7, 11) is 0. The molecule has 1 aromatic carbocycles. The molecule has 2 atom stereocenters. The first-order valence-electron chi connectivity index (χ1n) is 5.34. The lowest BCUT2D eigenvalue weighted by atomic mass is 9.71. The number of hydrogen-bond acceptors (Lipinski definition) is 2. The first-order chi connectivity index (χ1) is 6.89. The van der Waals surface area contributed by atoms with E-state index in [1.54, 1.807) is 0 Å². The Morgan fingerprint density at radius 3 is 2.79 bits per heavy atom. The molecule has 74 valence electrons. The van der Waals surface area contributed by atoms with Crippen LogP contribution < -0.4 is 10.1 Å². The van der Waals surface area contributed by atoms with Gasteiger partial charge in [0, 0.05) is 19.0 Å². The summed E-state index contributed by atoms with van der Waals surface area (Å²) in [5.74, 6) is 1.75. The van der Waals surface area contributed by atoms with Crippen LogP contribution in [0, 0.1) is 5.92 Å². The Morgan fingerprint density at radius 2 is 2.14 bits per heavy atom. The first kappa shape index (κ1) is 8.30. The molecule has 1 saturated carbocycles. The second kappa shape index (κ2) is 2.99. The van der Waals surface area contributed by atoms with Crippen molar-refractivity contribution in [3.05, 3.63) is 30.3 Å². The average molecular weight is 189 g/mol. The minimum Gasteiger partial charge on any atom is -0.486 e.